The lowest BCUT2D eigenvalue weighted by Gasteiger charge is -2.25. The normalized spacial score (nSPS) is 11.6. The third-order valence-electron chi connectivity index (χ3n) is 5.17. The van der Waals surface area contributed by atoms with Crippen molar-refractivity contribution in [1.82, 2.24) is 5.32 Å². The van der Waals surface area contributed by atoms with Crippen molar-refractivity contribution in [2.45, 2.75) is 18.9 Å². The summed E-state index contributed by atoms with van der Waals surface area (Å²) < 4.78 is 16.4. The third-order valence-corrected chi connectivity index (χ3v) is 5.17. The van der Waals surface area contributed by atoms with Gasteiger partial charge in [0.05, 0.1) is 33.3 Å². The summed E-state index contributed by atoms with van der Waals surface area (Å²) in [5.41, 5.74) is 2.59. The third kappa shape index (κ3) is 4.57. The summed E-state index contributed by atoms with van der Waals surface area (Å²) in [6.07, 6.45) is 0. The van der Waals surface area contributed by atoms with E-state index in [-0.39, 0.29) is 11.8 Å². The van der Waals surface area contributed by atoms with E-state index in [1.807, 2.05) is 79.7 Å². The number of carbonyl (C=O) groups is 1. The van der Waals surface area contributed by atoms with E-state index in [0.29, 0.717) is 11.5 Å². The smallest absolute Gasteiger partial charge is 0.228 e. The monoisotopic (exact) mass is 405 g/mol. The summed E-state index contributed by atoms with van der Waals surface area (Å²) in [7, 11) is 4.86. The Kier molecular flexibility index (Phi) is 6.96. The molecule has 1 unspecified atom stereocenters. The first-order valence-electron chi connectivity index (χ1n) is 9.79. The first-order chi connectivity index (χ1) is 14.6. The second-order valence-electron chi connectivity index (χ2n) is 6.92. The van der Waals surface area contributed by atoms with Crippen LogP contribution in [-0.4, -0.2) is 27.2 Å². The van der Waals surface area contributed by atoms with E-state index in [9.17, 15) is 4.79 Å². The second kappa shape index (κ2) is 9.83. The Balaban J connectivity index is 1.99. The fourth-order valence-corrected chi connectivity index (χ4v) is 3.46. The molecule has 156 valence electrons. The molecule has 1 amide bonds. The van der Waals surface area contributed by atoms with E-state index < -0.39 is 6.04 Å². The molecule has 30 heavy (non-hydrogen) atoms. The molecule has 0 saturated heterocycles. The van der Waals surface area contributed by atoms with Gasteiger partial charge in [0, 0.05) is 11.1 Å². The molecule has 0 aliphatic carbocycles. The van der Waals surface area contributed by atoms with Crippen LogP contribution in [0.4, 0.5) is 0 Å². The number of ether oxygens (including phenoxy) is 3. The van der Waals surface area contributed by atoms with E-state index in [1.54, 1.807) is 21.3 Å². The first kappa shape index (κ1) is 21.2. The summed E-state index contributed by atoms with van der Waals surface area (Å²) in [6, 6.07) is 22.5. The van der Waals surface area contributed by atoms with Gasteiger partial charge in [0.2, 0.25) is 5.91 Å². The van der Waals surface area contributed by atoms with Crippen LogP contribution in [0.25, 0.3) is 0 Å². The Labute approximate surface area is 177 Å². The number of hydrogen-bond acceptors (Lipinski definition) is 4. The Morgan fingerprint density at radius 1 is 0.767 bits per heavy atom. The maximum absolute atomic E-state index is 13.3. The molecule has 0 saturated carbocycles. The van der Waals surface area contributed by atoms with E-state index >= 15 is 0 Å². The van der Waals surface area contributed by atoms with Crippen molar-refractivity contribution in [2.24, 2.45) is 0 Å². The quantitative estimate of drug-likeness (QED) is 0.589. The lowest BCUT2D eigenvalue weighted by Crippen LogP contribution is -2.33. The minimum atomic E-state index is -0.433. The van der Waals surface area contributed by atoms with Gasteiger partial charge < -0.3 is 19.5 Å². The first-order valence-corrected chi connectivity index (χ1v) is 9.79. The lowest BCUT2D eigenvalue weighted by atomic mass is 9.94. The van der Waals surface area contributed by atoms with Crippen LogP contribution in [-0.2, 0) is 4.79 Å². The zero-order chi connectivity index (χ0) is 21.5. The van der Waals surface area contributed by atoms with Crippen molar-refractivity contribution < 1.29 is 19.0 Å². The molecule has 3 rings (SSSR count). The largest absolute Gasteiger partial charge is 0.497 e. The highest BCUT2D eigenvalue weighted by Gasteiger charge is 2.26. The van der Waals surface area contributed by atoms with Crippen molar-refractivity contribution in [1.29, 1.82) is 0 Å². The molecular weight excluding hydrogens is 378 g/mol. The molecule has 0 fully saturated rings. The summed E-state index contributed by atoms with van der Waals surface area (Å²) >= 11 is 0. The Hall–Kier alpha value is -3.47. The molecule has 0 heterocycles. The predicted octanol–water partition coefficient (Wildman–Crippen LogP) is 4.72. The summed E-state index contributed by atoms with van der Waals surface area (Å²) in [5.74, 6) is 1.64. The summed E-state index contributed by atoms with van der Waals surface area (Å²) in [4.78, 5) is 13.3. The number of methoxy groups -OCH3 is 3. The van der Waals surface area contributed by atoms with Crippen molar-refractivity contribution >= 4 is 5.91 Å². The van der Waals surface area contributed by atoms with Crippen LogP contribution < -0.4 is 19.5 Å². The maximum atomic E-state index is 13.3. The molecule has 1 atom stereocenters. The second-order valence-corrected chi connectivity index (χ2v) is 6.92. The number of rotatable bonds is 8. The van der Waals surface area contributed by atoms with Crippen LogP contribution in [0, 0.1) is 0 Å². The highest BCUT2D eigenvalue weighted by Crippen LogP contribution is 2.35. The van der Waals surface area contributed by atoms with E-state index in [4.69, 9.17) is 14.2 Å². The average Bonchev–Trinajstić information content (AvgIpc) is 2.81. The molecule has 0 spiro atoms. The van der Waals surface area contributed by atoms with Crippen molar-refractivity contribution in [2.75, 3.05) is 21.3 Å². The van der Waals surface area contributed by atoms with E-state index in [0.717, 1.165) is 22.4 Å². The van der Waals surface area contributed by atoms with Crippen molar-refractivity contribution in [3.8, 4) is 17.2 Å². The molecule has 0 aromatic heterocycles. The maximum Gasteiger partial charge on any atom is 0.228 e. The Bertz CT molecular complexity index is 954. The minimum absolute atomic E-state index is 0.106. The Morgan fingerprint density at radius 3 is 1.87 bits per heavy atom. The van der Waals surface area contributed by atoms with Crippen LogP contribution in [0.15, 0.2) is 72.8 Å². The molecule has 3 aromatic rings. The van der Waals surface area contributed by atoms with E-state index in [1.165, 1.54) is 0 Å². The Morgan fingerprint density at radius 2 is 1.33 bits per heavy atom. The highest BCUT2D eigenvalue weighted by atomic mass is 16.5. The topological polar surface area (TPSA) is 56.8 Å². The van der Waals surface area contributed by atoms with Crippen LogP contribution >= 0.6 is 0 Å². The molecule has 3 aromatic carbocycles. The van der Waals surface area contributed by atoms with Gasteiger partial charge >= 0.3 is 0 Å². The zero-order valence-electron chi connectivity index (χ0n) is 17.7. The number of hydrogen-bond donors (Lipinski definition) is 1. The number of nitrogens with one attached hydrogen (secondary N) is 1. The number of amides is 1. The molecule has 0 aliphatic rings. The molecule has 5 heteroatoms. The van der Waals surface area contributed by atoms with Crippen LogP contribution in [0.5, 0.6) is 17.2 Å². The van der Waals surface area contributed by atoms with Gasteiger partial charge in [0.15, 0.2) is 0 Å². The van der Waals surface area contributed by atoms with Gasteiger partial charge in [-0.05, 0) is 36.8 Å². The highest BCUT2D eigenvalue weighted by molar-refractivity contribution is 5.84. The lowest BCUT2D eigenvalue weighted by molar-refractivity contribution is -0.122. The molecule has 1 N–H and O–H groups in total. The van der Waals surface area contributed by atoms with E-state index in [2.05, 4.69) is 5.32 Å². The standard InChI is InChI=1S/C25H27NO4/c1-17(18-10-9-11-19(16-18)28-2)25(27)26-24(20-12-5-7-14-22(20)29-3)21-13-6-8-15-23(21)30-4/h5-17,24H,1-4H3,(H,26,27). The SMILES string of the molecule is COc1cccc(C(C)C(=O)NC(c2ccccc2OC)c2ccccc2OC)c1. The van der Waals surface area contributed by atoms with Gasteiger partial charge in [0.1, 0.15) is 17.2 Å². The molecular formula is C25H27NO4. The fourth-order valence-electron chi connectivity index (χ4n) is 3.46. The van der Waals surface area contributed by atoms with Gasteiger partial charge in [-0.3, -0.25) is 4.79 Å². The van der Waals surface area contributed by atoms with Gasteiger partial charge in [-0.25, -0.2) is 0 Å². The van der Waals surface area contributed by atoms with Gasteiger partial charge in [-0.1, -0.05) is 48.5 Å². The zero-order valence-corrected chi connectivity index (χ0v) is 17.7. The molecule has 0 radical (unpaired) electrons. The number of carbonyl (C=O) groups excluding carboxylic acids is 1. The average molecular weight is 405 g/mol. The number of para-hydroxylation sites is 2. The van der Waals surface area contributed by atoms with Gasteiger partial charge in [-0.15, -0.1) is 0 Å². The van der Waals surface area contributed by atoms with Gasteiger partial charge in [-0.2, -0.15) is 0 Å². The molecule has 0 aliphatic heterocycles. The fraction of sp³-hybridized carbons (Fsp3) is 0.240. The molecule has 5 nitrogen and oxygen atoms in total. The predicted molar refractivity (Wildman–Crippen MR) is 117 cm³/mol. The van der Waals surface area contributed by atoms with Gasteiger partial charge in [0.25, 0.3) is 0 Å². The van der Waals surface area contributed by atoms with Crippen molar-refractivity contribution in [3.63, 3.8) is 0 Å². The summed E-state index contributed by atoms with van der Waals surface area (Å²) in [6.45, 7) is 1.88. The van der Waals surface area contributed by atoms with Crippen LogP contribution in [0.3, 0.4) is 0 Å². The molecule has 0 bridgehead atoms. The van der Waals surface area contributed by atoms with Crippen molar-refractivity contribution in [3.05, 3.63) is 89.5 Å². The van der Waals surface area contributed by atoms with Crippen LogP contribution in [0.1, 0.15) is 35.6 Å². The minimum Gasteiger partial charge on any atom is -0.497 e. The summed E-state index contributed by atoms with van der Waals surface area (Å²) in [5, 5.41) is 3.20. The van der Waals surface area contributed by atoms with Crippen LogP contribution in [0.2, 0.25) is 0 Å². The number of benzene rings is 3.